The summed E-state index contributed by atoms with van der Waals surface area (Å²) in [5.74, 6) is 0.264. The molecule has 1 aromatic heterocycles. The van der Waals surface area contributed by atoms with Gasteiger partial charge in [-0.15, -0.1) is 0 Å². The van der Waals surface area contributed by atoms with E-state index in [1.807, 2.05) is 6.07 Å². The van der Waals surface area contributed by atoms with Crippen LogP contribution >= 0.6 is 0 Å². The molecule has 18 heavy (non-hydrogen) atoms. The molecule has 0 amide bonds. The van der Waals surface area contributed by atoms with Gasteiger partial charge in [-0.05, 0) is 6.92 Å². The monoisotopic (exact) mass is 268 g/mol. The van der Waals surface area contributed by atoms with Crippen LogP contribution in [0.1, 0.15) is 12.5 Å². The van der Waals surface area contributed by atoms with Crippen molar-refractivity contribution in [1.82, 2.24) is 4.98 Å². The van der Waals surface area contributed by atoms with E-state index < -0.39 is 15.7 Å². The lowest BCUT2D eigenvalue weighted by Gasteiger charge is -2.11. The van der Waals surface area contributed by atoms with Gasteiger partial charge in [0.15, 0.2) is 0 Å². The molecular weight excluding hydrogens is 256 g/mol. The topological polar surface area (TPSA) is 109 Å². The van der Waals surface area contributed by atoms with E-state index in [2.05, 4.69) is 10.3 Å². The molecule has 0 saturated heterocycles. The van der Waals surface area contributed by atoms with Crippen molar-refractivity contribution in [2.75, 3.05) is 18.1 Å². The van der Waals surface area contributed by atoms with Gasteiger partial charge in [-0.25, -0.2) is 4.98 Å². The van der Waals surface area contributed by atoms with Crippen molar-refractivity contribution in [3.63, 3.8) is 0 Å². The van der Waals surface area contributed by atoms with Gasteiger partial charge in [-0.2, -0.15) is 5.26 Å². The van der Waals surface area contributed by atoms with Gasteiger partial charge in [0.1, 0.15) is 23.6 Å². The van der Waals surface area contributed by atoms with Crippen LogP contribution in [0.3, 0.4) is 0 Å². The summed E-state index contributed by atoms with van der Waals surface area (Å²) in [6.07, 6.45) is 2.66. The van der Waals surface area contributed by atoms with E-state index in [1.54, 1.807) is 13.2 Å². The average Bonchev–Trinajstić information content (AvgIpc) is 2.35. The van der Waals surface area contributed by atoms with Crippen molar-refractivity contribution in [3.05, 3.63) is 27.9 Å². The highest BCUT2D eigenvalue weighted by Crippen LogP contribution is 2.18. The molecule has 0 bridgehead atoms. The van der Waals surface area contributed by atoms with Crippen LogP contribution in [0.2, 0.25) is 0 Å². The minimum Gasteiger partial charge on any atom is -0.368 e. The normalized spacial score (nSPS) is 13.4. The second kappa shape index (κ2) is 6.07. The van der Waals surface area contributed by atoms with E-state index >= 15 is 0 Å². The molecule has 0 aliphatic rings. The minimum absolute atomic E-state index is 0.0956. The van der Waals surface area contributed by atoms with Crippen molar-refractivity contribution in [2.24, 2.45) is 0 Å². The van der Waals surface area contributed by atoms with Crippen LogP contribution in [0.4, 0.5) is 11.5 Å². The minimum atomic E-state index is -0.986. The van der Waals surface area contributed by atoms with Gasteiger partial charge in [-0.3, -0.25) is 14.3 Å². The van der Waals surface area contributed by atoms with E-state index in [4.69, 9.17) is 5.26 Å². The number of hydrogen-bond acceptors (Lipinski definition) is 6. The first-order chi connectivity index (χ1) is 8.45. The predicted molar refractivity (Wildman–Crippen MR) is 67.6 cm³/mol. The van der Waals surface area contributed by atoms with Crippen LogP contribution in [0.15, 0.2) is 12.3 Å². The standard InChI is InChI=1S/C10H12N4O3S/c1-7(18(2)17)5-12-10-8(4-11)3-9(6-13-10)14(15)16/h3,6-7H,5H2,1-2H3,(H,12,13). The predicted octanol–water partition coefficient (Wildman–Crippen LogP) is 1.04. The van der Waals surface area contributed by atoms with Gasteiger partial charge in [-0.1, -0.05) is 0 Å². The zero-order valence-corrected chi connectivity index (χ0v) is 10.7. The number of nitrogens with one attached hydrogen (secondary N) is 1. The van der Waals surface area contributed by atoms with E-state index in [0.29, 0.717) is 6.54 Å². The summed E-state index contributed by atoms with van der Waals surface area (Å²) in [4.78, 5) is 13.7. The Labute approximate surface area is 106 Å². The molecule has 0 spiro atoms. The van der Waals surface area contributed by atoms with Crippen LogP contribution in [0.25, 0.3) is 0 Å². The van der Waals surface area contributed by atoms with Gasteiger partial charge in [0.05, 0.1) is 4.92 Å². The van der Waals surface area contributed by atoms with Crippen LogP contribution < -0.4 is 5.32 Å². The Morgan fingerprint density at radius 2 is 2.39 bits per heavy atom. The van der Waals surface area contributed by atoms with Gasteiger partial charge >= 0.3 is 0 Å². The Morgan fingerprint density at radius 3 is 2.89 bits per heavy atom. The average molecular weight is 268 g/mol. The van der Waals surface area contributed by atoms with E-state index in [0.717, 1.165) is 12.3 Å². The Morgan fingerprint density at radius 1 is 1.72 bits per heavy atom. The number of nitro groups is 1. The van der Waals surface area contributed by atoms with Gasteiger partial charge in [0, 0.05) is 34.9 Å². The third kappa shape index (κ3) is 3.49. The zero-order valence-electron chi connectivity index (χ0n) is 9.91. The molecular formula is C10H12N4O3S. The molecule has 1 N–H and O–H groups in total. The number of aromatic nitrogens is 1. The third-order valence-corrected chi connectivity index (χ3v) is 3.63. The van der Waals surface area contributed by atoms with Gasteiger partial charge in [0.25, 0.3) is 5.69 Å². The lowest BCUT2D eigenvalue weighted by Crippen LogP contribution is -2.21. The summed E-state index contributed by atoms with van der Waals surface area (Å²) < 4.78 is 11.2. The first-order valence-electron chi connectivity index (χ1n) is 5.06. The number of anilines is 1. The van der Waals surface area contributed by atoms with Crippen molar-refractivity contribution in [3.8, 4) is 6.07 Å². The molecule has 1 rings (SSSR count). The quantitative estimate of drug-likeness (QED) is 0.631. The Balaban J connectivity index is 2.87. The maximum absolute atomic E-state index is 11.2. The van der Waals surface area contributed by atoms with Crippen molar-refractivity contribution in [2.45, 2.75) is 12.2 Å². The molecule has 0 saturated carbocycles. The molecule has 0 fully saturated rings. The Hall–Kier alpha value is -2.01. The fourth-order valence-electron chi connectivity index (χ4n) is 1.14. The maximum atomic E-state index is 11.2. The third-order valence-electron chi connectivity index (χ3n) is 2.33. The van der Waals surface area contributed by atoms with E-state index in [-0.39, 0.29) is 22.3 Å². The molecule has 2 unspecified atom stereocenters. The summed E-state index contributed by atoms with van der Waals surface area (Å²) >= 11 is 0. The maximum Gasteiger partial charge on any atom is 0.289 e. The molecule has 2 atom stereocenters. The molecule has 0 aromatic carbocycles. The summed E-state index contributed by atoms with van der Waals surface area (Å²) in [5, 5.41) is 22.2. The number of nitriles is 1. The fourth-order valence-corrected chi connectivity index (χ4v) is 1.46. The number of hydrogen-bond donors (Lipinski definition) is 1. The van der Waals surface area contributed by atoms with Crippen LogP contribution in [-0.4, -0.2) is 32.2 Å². The number of pyridine rings is 1. The second-order valence-electron chi connectivity index (χ2n) is 3.65. The number of nitrogens with zero attached hydrogens (tertiary/aromatic N) is 3. The summed E-state index contributed by atoms with van der Waals surface area (Å²) in [5.41, 5.74) is -0.137. The van der Waals surface area contributed by atoms with Crippen molar-refractivity contribution >= 4 is 22.3 Å². The molecule has 0 aliphatic carbocycles. The molecule has 0 aliphatic heterocycles. The Bertz CT molecular complexity index is 526. The lowest BCUT2D eigenvalue weighted by atomic mass is 10.2. The smallest absolute Gasteiger partial charge is 0.289 e. The van der Waals surface area contributed by atoms with E-state index in [1.165, 1.54) is 0 Å². The molecule has 8 heteroatoms. The first-order valence-corrected chi connectivity index (χ1v) is 6.68. The van der Waals surface area contributed by atoms with Gasteiger partial charge in [0.2, 0.25) is 0 Å². The molecule has 1 heterocycles. The summed E-state index contributed by atoms with van der Waals surface area (Å²) in [6.45, 7) is 2.17. The molecule has 0 radical (unpaired) electrons. The van der Waals surface area contributed by atoms with Crippen molar-refractivity contribution in [1.29, 1.82) is 5.26 Å². The van der Waals surface area contributed by atoms with Crippen LogP contribution in [-0.2, 0) is 10.8 Å². The highest BCUT2D eigenvalue weighted by Gasteiger charge is 2.13. The van der Waals surface area contributed by atoms with Crippen molar-refractivity contribution < 1.29 is 9.13 Å². The lowest BCUT2D eigenvalue weighted by molar-refractivity contribution is -0.385. The summed E-state index contributed by atoms with van der Waals surface area (Å²) in [7, 11) is -0.986. The largest absolute Gasteiger partial charge is 0.368 e. The number of rotatable bonds is 5. The first kappa shape index (κ1) is 14.1. The summed E-state index contributed by atoms with van der Waals surface area (Å²) in [6, 6.07) is 2.99. The SMILES string of the molecule is CC(CNc1ncc([N+](=O)[O-])cc1C#N)S(C)=O. The molecule has 1 aromatic rings. The molecule has 96 valence electrons. The van der Waals surface area contributed by atoms with Gasteiger partial charge < -0.3 is 5.32 Å². The Kier molecular flexibility index (Phi) is 4.74. The van der Waals surface area contributed by atoms with E-state index in [9.17, 15) is 14.3 Å². The highest BCUT2D eigenvalue weighted by molar-refractivity contribution is 7.84. The second-order valence-corrected chi connectivity index (χ2v) is 5.45. The fraction of sp³-hybridized carbons (Fsp3) is 0.400. The van der Waals surface area contributed by atoms with Crippen LogP contribution in [0.5, 0.6) is 0 Å². The van der Waals surface area contributed by atoms with Crippen LogP contribution in [0, 0.1) is 21.4 Å². The highest BCUT2D eigenvalue weighted by atomic mass is 32.2. The zero-order chi connectivity index (χ0) is 13.7. The molecule has 7 nitrogen and oxygen atoms in total.